The van der Waals surface area contributed by atoms with Gasteiger partial charge in [-0.3, -0.25) is 15.1 Å². The number of carbonyl (C=O) groups excluding carboxylic acids is 2. The molecule has 1 aliphatic heterocycles. The molecule has 1 atom stereocenters. The van der Waals surface area contributed by atoms with E-state index in [9.17, 15) is 9.59 Å². The van der Waals surface area contributed by atoms with Crippen LogP contribution in [-0.2, 0) is 0 Å². The number of urea groups is 1. The number of hydrogen-bond donors (Lipinski definition) is 3. The van der Waals surface area contributed by atoms with Gasteiger partial charge in [-0.2, -0.15) is 0 Å². The average Bonchev–Trinajstić information content (AvgIpc) is 3.14. The standard InChI is InChI=1S/C27H35N5O2/c28-25(29)21-13-10-16-23(19-21)32(22-14-6-1-2-7-15-22)27(34)30-24-17-8-9-18-31(24)26(33)20-11-4-3-5-12-20/h3-5,10-13,16,19,22,24H,1-2,6-9,14-15,17-18H2,(H3,28,29)(H,30,34). The van der Waals surface area contributed by atoms with Crippen LogP contribution in [0.4, 0.5) is 10.5 Å². The summed E-state index contributed by atoms with van der Waals surface area (Å²) in [5, 5.41) is 11.0. The van der Waals surface area contributed by atoms with Gasteiger partial charge in [-0.15, -0.1) is 0 Å². The topological polar surface area (TPSA) is 103 Å². The van der Waals surface area contributed by atoms with E-state index in [2.05, 4.69) is 5.32 Å². The first-order valence-corrected chi connectivity index (χ1v) is 12.4. The highest BCUT2D eigenvalue weighted by Crippen LogP contribution is 2.28. The zero-order valence-corrected chi connectivity index (χ0v) is 19.7. The van der Waals surface area contributed by atoms with Crippen LogP contribution in [0.15, 0.2) is 54.6 Å². The van der Waals surface area contributed by atoms with E-state index in [0.29, 0.717) is 17.7 Å². The van der Waals surface area contributed by atoms with Crippen molar-refractivity contribution < 1.29 is 9.59 Å². The molecule has 0 radical (unpaired) electrons. The van der Waals surface area contributed by atoms with Gasteiger partial charge in [0.25, 0.3) is 5.91 Å². The summed E-state index contributed by atoms with van der Waals surface area (Å²) < 4.78 is 0. The molecule has 34 heavy (non-hydrogen) atoms. The molecule has 0 spiro atoms. The van der Waals surface area contributed by atoms with Crippen molar-refractivity contribution in [2.45, 2.75) is 70.0 Å². The Balaban J connectivity index is 1.59. The molecule has 0 bridgehead atoms. The number of amides is 3. The molecule has 2 fully saturated rings. The van der Waals surface area contributed by atoms with Crippen LogP contribution in [0.3, 0.4) is 0 Å². The Bertz CT molecular complexity index is 1000. The minimum absolute atomic E-state index is 0.0185. The summed E-state index contributed by atoms with van der Waals surface area (Å²) in [5.41, 5.74) is 7.72. The smallest absolute Gasteiger partial charge is 0.323 e. The Morgan fingerprint density at radius 1 is 0.882 bits per heavy atom. The van der Waals surface area contributed by atoms with Crippen LogP contribution in [0.25, 0.3) is 0 Å². The number of likely N-dealkylation sites (tertiary alicyclic amines) is 1. The molecule has 2 aliphatic rings. The number of nitrogen functional groups attached to an aromatic ring is 1. The predicted molar refractivity (Wildman–Crippen MR) is 135 cm³/mol. The third-order valence-corrected chi connectivity index (χ3v) is 6.92. The first-order chi connectivity index (χ1) is 16.5. The fraction of sp³-hybridized carbons (Fsp3) is 0.444. The van der Waals surface area contributed by atoms with Gasteiger partial charge in [0.2, 0.25) is 0 Å². The van der Waals surface area contributed by atoms with Crippen LogP contribution >= 0.6 is 0 Å². The number of rotatable bonds is 5. The van der Waals surface area contributed by atoms with Crippen molar-refractivity contribution >= 4 is 23.5 Å². The summed E-state index contributed by atoms with van der Waals surface area (Å²) in [6.07, 6.45) is 8.69. The SMILES string of the molecule is N=C(N)c1cccc(N(C(=O)NC2CCCCN2C(=O)c2ccccc2)C2CCCCCC2)c1. The molecule has 2 aromatic carbocycles. The number of benzene rings is 2. The number of nitrogens with two attached hydrogens (primary N) is 1. The van der Waals surface area contributed by atoms with Crippen molar-refractivity contribution in [2.24, 2.45) is 5.73 Å². The molecule has 7 nitrogen and oxygen atoms in total. The summed E-state index contributed by atoms with van der Waals surface area (Å²) in [6, 6.07) is 16.5. The molecule has 180 valence electrons. The van der Waals surface area contributed by atoms with Gasteiger partial charge in [-0.25, -0.2) is 4.79 Å². The highest BCUT2D eigenvalue weighted by molar-refractivity contribution is 5.99. The van der Waals surface area contributed by atoms with E-state index >= 15 is 0 Å². The van der Waals surface area contributed by atoms with Crippen LogP contribution in [0, 0.1) is 5.41 Å². The van der Waals surface area contributed by atoms with Gasteiger partial charge >= 0.3 is 6.03 Å². The van der Waals surface area contributed by atoms with Crippen LogP contribution in [0.1, 0.15) is 73.7 Å². The average molecular weight is 462 g/mol. The van der Waals surface area contributed by atoms with E-state index < -0.39 is 0 Å². The second kappa shape index (κ2) is 11.2. The number of carbonyl (C=O) groups is 2. The molecule has 2 aromatic rings. The Kier molecular flexibility index (Phi) is 7.83. The lowest BCUT2D eigenvalue weighted by Gasteiger charge is -2.39. The van der Waals surface area contributed by atoms with Crippen molar-refractivity contribution in [1.29, 1.82) is 5.41 Å². The summed E-state index contributed by atoms with van der Waals surface area (Å²) >= 11 is 0. The normalized spacial score (nSPS) is 19.2. The fourth-order valence-corrected chi connectivity index (χ4v) is 5.12. The third-order valence-electron chi connectivity index (χ3n) is 6.92. The molecule has 1 saturated carbocycles. The lowest BCUT2D eigenvalue weighted by Crippen LogP contribution is -2.57. The summed E-state index contributed by atoms with van der Waals surface area (Å²) in [5.74, 6) is -0.0693. The lowest BCUT2D eigenvalue weighted by molar-refractivity contribution is 0.0581. The zero-order valence-electron chi connectivity index (χ0n) is 19.7. The molecule has 1 saturated heterocycles. The molecule has 0 aromatic heterocycles. The van der Waals surface area contributed by atoms with E-state index in [4.69, 9.17) is 11.1 Å². The quantitative estimate of drug-likeness (QED) is 0.336. The van der Waals surface area contributed by atoms with Crippen molar-refractivity contribution in [3.05, 3.63) is 65.7 Å². The maximum atomic E-state index is 13.8. The number of nitrogens with zero attached hydrogens (tertiary/aromatic N) is 2. The molecule has 1 aliphatic carbocycles. The van der Waals surface area contributed by atoms with E-state index in [1.54, 1.807) is 11.0 Å². The first kappa shape index (κ1) is 23.8. The maximum absolute atomic E-state index is 13.8. The highest BCUT2D eigenvalue weighted by Gasteiger charge is 2.32. The zero-order chi connectivity index (χ0) is 23.9. The maximum Gasteiger partial charge on any atom is 0.323 e. The number of anilines is 1. The van der Waals surface area contributed by atoms with Crippen molar-refractivity contribution in [2.75, 3.05) is 11.4 Å². The predicted octanol–water partition coefficient (Wildman–Crippen LogP) is 4.86. The summed E-state index contributed by atoms with van der Waals surface area (Å²) in [6.45, 7) is 0.627. The number of nitrogens with one attached hydrogen (secondary N) is 2. The molecular weight excluding hydrogens is 426 g/mol. The van der Waals surface area contributed by atoms with E-state index in [-0.39, 0.29) is 30.0 Å². The lowest BCUT2D eigenvalue weighted by atomic mass is 10.0. The van der Waals surface area contributed by atoms with Crippen LogP contribution in [0.5, 0.6) is 0 Å². The highest BCUT2D eigenvalue weighted by atomic mass is 16.2. The minimum atomic E-state index is -0.349. The number of hydrogen-bond acceptors (Lipinski definition) is 3. The van der Waals surface area contributed by atoms with Gasteiger partial charge in [0, 0.05) is 29.4 Å². The molecule has 4 rings (SSSR count). The Morgan fingerprint density at radius 2 is 1.56 bits per heavy atom. The van der Waals surface area contributed by atoms with Crippen LogP contribution < -0.4 is 16.0 Å². The largest absolute Gasteiger partial charge is 0.384 e. The molecular formula is C27H35N5O2. The van der Waals surface area contributed by atoms with E-state index in [1.165, 1.54) is 12.8 Å². The first-order valence-electron chi connectivity index (χ1n) is 12.4. The van der Waals surface area contributed by atoms with Crippen LogP contribution in [-0.4, -0.2) is 41.4 Å². The Morgan fingerprint density at radius 3 is 2.26 bits per heavy atom. The molecule has 7 heteroatoms. The molecule has 1 heterocycles. The van der Waals surface area contributed by atoms with Gasteiger partial charge in [0.15, 0.2) is 0 Å². The Labute approximate surface area is 201 Å². The van der Waals surface area contributed by atoms with Gasteiger partial charge in [-0.1, -0.05) is 56.0 Å². The molecule has 1 unspecified atom stereocenters. The minimum Gasteiger partial charge on any atom is -0.384 e. The molecule has 4 N–H and O–H groups in total. The van der Waals surface area contributed by atoms with Gasteiger partial charge in [-0.05, 0) is 56.4 Å². The second-order valence-corrected chi connectivity index (χ2v) is 9.31. The van der Waals surface area contributed by atoms with Gasteiger partial charge in [0.1, 0.15) is 12.0 Å². The van der Waals surface area contributed by atoms with Crippen molar-refractivity contribution in [3.8, 4) is 0 Å². The number of amidine groups is 1. The van der Waals surface area contributed by atoms with Gasteiger partial charge in [0.05, 0.1) is 0 Å². The van der Waals surface area contributed by atoms with E-state index in [0.717, 1.165) is 50.6 Å². The molecule has 3 amide bonds. The van der Waals surface area contributed by atoms with E-state index in [1.807, 2.05) is 53.4 Å². The third kappa shape index (κ3) is 5.58. The van der Waals surface area contributed by atoms with Crippen molar-refractivity contribution in [1.82, 2.24) is 10.2 Å². The second-order valence-electron chi connectivity index (χ2n) is 9.31. The van der Waals surface area contributed by atoms with Gasteiger partial charge < -0.3 is 16.0 Å². The number of piperidine rings is 1. The van der Waals surface area contributed by atoms with Crippen LogP contribution in [0.2, 0.25) is 0 Å². The summed E-state index contributed by atoms with van der Waals surface area (Å²) in [7, 11) is 0. The Hall–Kier alpha value is -3.35. The van der Waals surface area contributed by atoms with Crippen molar-refractivity contribution in [3.63, 3.8) is 0 Å². The fourth-order valence-electron chi connectivity index (χ4n) is 5.12. The summed E-state index contributed by atoms with van der Waals surface area (Å²) in [4.78, 5) is 30.7. The monoisotopic (exact) mass is 461 g/mol.